The highest BCUT2D eigenvalue weighted by molar-refractivity contribution is 5.79. The van der Waals surface area contributed by atoms with Gasteiger partial charge in [0.25, 0.3) is 0 Å². The molecule has 2 N–H and O–H groups in total. The molecule has 3 heteroatoms. The molecule has 3 rings (SSSR count). The van der Waals surface area contributed by atoms with Crippen molar-refractivity contribution < 1.29 is 0 Å². The van der Waals surface area contributed by atoms with Crippen molar-refractivity contribution in [3.63, 3.8) is 0 Å². The van der Waals surface area contributed by atoms with E-state index in [0.717, 1.165) is 26.2 Å². The Labute approximate surface area is 121 Å². The maximum Gasteiger partial charge on any atom is 0.0457 e. The van der Waals surface area contributed by atoms with Gasteiger partial charge in [-0.05, 0) is 35.4 Å². The van der Waals surface area contributed by atoms with Crippen LogP contribution in [-0.4, -0.2) is 36.1 Å². The third kappa shape index (κ3) is 2.89. The lowest BCUT2D eigenvalue weighted by Crippen LogP contribution is -2.45. The van der Waals surface area contributed by atoms with Crippen molar-refractivity contribution in [1.82, 2.24) is 15.2 Å². The molecule has 1 aromatic heterocycles. The minimum Gasteiger partial charge on any atom is -0.361 e. The molecule has 0 unspecified atom stereocenters. The third-order valence-corrected chi connectivity index (χ3v) is 4.25. The number of H-pyrrole nitrogens is 1. The molecule has 1 atom stereocenters. The molecule has 0 spiro atoms. The smallest absolute Gasteiger partial charge is 0.0457 e. The van der Waals surface area contributed by atoms with Crippen LogP contribution in [0.25, 0.3) is 10.9 Å². The molecule has 0 aliphatic carbocycles. The number of nitrogens with one attached hydrogen (secondary N) is 2. The second-order valence-electron chi connectivity index (χ2n) is 6.26. The summed E-state index contributed by atoms with van der Waals surface area (Å²) in [6, 6.07) is 9.58. The Balaban J connectivity index is 1.89. The van der Waals surface area contributed by atoms with E-state index in [1.165, 1.54) is 22.9 Å². The number of piperazine rings is 1. The highest BCUT2D eigenvalue weighted by atomic mass is 15.2. The molecule has 1 fully saturated rings. The van der Waals surface area contributed by atoms with Crippen molar-refractivity contribution >= 4 is 10.9 Å². The number of hydrogen-bond donors (Lipinski definition) is 2. The topological polar surface area (TPSA) is 31.1 Å². The number of aromatic amines is 1. The lowest BCUT2D eigenvalue weighted by molar-refractivity contribution is 0.154. The largest absolute Gasteiger partial charge is 0.361 e. The van der Waals surface area contributed by atoms with Crippen molar-refractivity contribution in [1.29, 1.82) is 0 Å². The maximum absolute atomic E-state index is 3.45. The van der Waals surface area contributed by atoms with E-state index in [0.29, 0.717) is 12.0 Å². The first-order valence-electron chi connectivity index (χ1n) is 7.76. The summed E-state index contributed by atoms with van der Waals surface area (Å²) in [5.74, 6) is 0.717. The molecule has 1 aliphatic heterocycles. The van der Waals surface area contributed by atoms with Crippen molar-refractivity contribution in [2.24, 2.45) is 5.92 Å². The Morgan fingerprint density at radius 3 is 2.70 bits per heavy atom. The number of hydrogen-bond acceptors (Lipinski definition) is 2. The van der Waals surface area contributed by atoms with Gasteiger partial charge < -0.3 is 10.3 Å². The van der Waals surface area contributed by atoms with Crippen molar-refractivity contribution in [2.45, 2.75) is 26.3 Å². The first kappa shape index (κ1) is 13.7. The average Bonchev–Trinajstić information content (AvgIpc) is 2.93. The van der Waals surface area contributed by atoms with Crippen molar-refractivity contribution in [3.8, 4) is 0 Å². The highest BCUT2D eigenvalue weighted by Crippen LogP contribution is 2.30. The first-order valence-corrected chi connectivity index (χ1v) is 7.76. The van der Waals surface area contributed by atoms with Crippen LogP contribution < -0.4 is 5.32 Å². The van der Waals surface area contributed by atoms with E-state index >= 15 is 0 Å². The predicted molar refractivity (Wildman–Crippen MR) is 84.9 cm³/mol. The standard InChI is InChI=1S/C17H25N3/c1-13(2)11-17(20-9-7-18-8-10-20)15-4-3-14-5-6-19-16(14)12-15/h3-6,12-13,17-19H,7-11H2,1-2H3/t17-/m1/s1. The molecule has 0 saturated carbocycles. The van der Waals surface area contributed by atoms with Gasteiger partial charge in [0, 0.05) is 43.9 Å². The summed E-state index contributed by atoms with van der Waals surface area (Å²) < 4.78 is 0. The molecule has 1 saturated heterocycles. The summed E-state index contributed by atoms with van der Waals surface area (Å²) in [6.07, 6.45) is 3.25. The number of nitrogens with zero attached hydrogens (tertiary/aromatic N) is 1. The zero-order valence-corrected chi connectivity index (χ0v) is 12.5. The number of aromatic nitrogens is 1. The summed E-state index contributed by atoms with van der Waals surface area (Å²) >= 11 is 0. The van der Waals surface area contributed by atoms with E-state index in [1.807, 2.05) is 6.20 Å². The predicted octanol–water partition coefficient (Wildman–Crippen LogP) is 3.16. The third-order valence-electron chi connectivity index (χ3n) is 4.25. The first-order chi connectivity index (χ1) is 9.74. The lowest BCUT2D eigenvalue weighted by atomic mass is 9.94. The van der Waals surface area contributed by atoms with E-state index in [4.69, 9.17) is 0 Å². The monoisotopic (exact) mass is 271 g/mol. The number of rotatable bonds is 4. The second-order valence-corrected chi connectivity index (χ2v) is 6.26. The molecule has 2 heterocycles. The number of fused-ring (bicyclic) bond motifs is 1. The molecular formula is C17H25N3. The average molecular weight is 271 g/mol. The summed E-state index contributed by atoms with van der Waals surface area (Å²) in [6.45, 7) is 9.17. The van der Waals surface area contributed by atoms with E-state index in [2.05, 4.69) is 53.3 Å². The zero-order valence-electron chi connectivity index (χ0n) is 12.5. The van der Waals surface area contributed by atoms with Crippen molar-refractivity contribution in [2.75, 3.05) is 26.2 Å². The van der Waals surface area contributed by atoms with E-state index in [-0.39, 0.29) is 0 Å². The fourth-order valence-corrected chi connectivity index (χ4v) is 3.21. The molecule has 20 heavy (non-hydrogen) atoms. The Hall–Kier alpha value is -1.32. The molecule has 1 aromatic carbocycles. The van der Waals surface area contributed by atoms with Gasteiger partial charge in [-0.25, -0.2) is 0 Å². The Bertz CT molecular complexity index is 552. The Morgan fingerprint density at radius 1 is 1.15 bits per heavy atom. The van der Waals surface area contributed by atoms with Crippen LogP contribution in [0.3, 0.4) is 0 Å². The minimum atomic E-state index is 0.546. The van der Waals surface area contributed by atoms with Crippen LogP contribution in [0.4, 0.5) is 0 Å². The summed E-state index contributed by atoms with van der Waals surface area (Å²) in [5, 5.41) is 4.76. The molecule has 108 valence electrons. The Kier molecular flexibility index (Phi) is 4.08. The summed E-state index contributed by atoms with van der Waals surface area (Å²) in [5.41, 5.74) is 2.71. The molecule has 0 radical (unpaired) electrons. The quantitative estimate of drug-likeness (QED) is 0.895. The minimum absolute atomic E-state index is 0.546. The maximum atomic E-state index is 3.45. The van der Waals surface area contributed by atoms with Crippen LogP contribution in [0.5, 0.6) is 0 Å². The van der Waals surface area contributed by atoms with Gasteiger partial charge in [0.15, 0.2) is 0 Å². The lowest BCUT2D eigenvalue weighted by Gasteiger charge is -2.36. The van der Waals surface area contributed by atoms with E-state index in [9.17, 15) is 0 Å². The molecule has 0 bridgehead atoms. The molecule has 3 nitrogen and oxygen atoms in total. The fourth-order valence-electron chi connectivity index (χ4n) is 3.21. The molecular weight excluding hydrogens is 246 g/mol. The molecule has 2 aromatic rings. The van der Waals surface area contributed by atoms with Gasteiger partial charge in [0.05, 0.1) is 0 Å². The summed E-state index contributed by atoms with van der Waals surface area (Å²) in [7, 11) is 0. The SMILES string of the molecule is CC(C)C[C@H](c1ccc2cc[nH]c2c1)N1CCNCC1. The van der Waals surface area contributed by atoms with E-state index < -0.39 is 0 Å². The number of benzene rings is 1. The van der Waals surface area contributed by atoms with Gasteiger partial charge in [-0.2, -0.15) is 0 Å². The summed E-state index contributed by atoms with van der Waals surface area (Å²) in [4.78, 5) is 5.98. The molecule has 1 aliphatic rings. The Morgan fingerprint density at radius 2 is 1.95 bits per heavy atom. The van der Waals surface area contributed by atoms with Gasteiger partial charge in [0.1, 0.15) is 0 Å². The highest BCUT2D eigenvalue weighted by Gasteiger charge is 2.23. The zero-order chi connectivity index (χ0) is 13.9. The van der Waals surface area contributed by atoms with Crippen LogP contribution in [0, 0.1) is 5.92 Å². The van der Waals surface area contributed by atoms with Gasteiger partial charge in [-0.1, -0.05) is 26.0 Å². The van der Waals surface area contributed by atoms with Crippen LogP contribution >= 0.6 is 0 Å². The van der Waals surface area contributed by atoms with Gasteiger partial charge in [-0.15, -0.1) is 0 Å². The van der Waals surface area contributed by atoms with Crippen molar-refractivity contribution in [3.05, 3.63) is 36.0 Å². The van der Waals surface area contributed by atoms with Crippen LogP contribution in [0.15, 0.2) is 30.5 Å². The normalized spacial score (nSPS) is 18.8. The van der Waals surface area contributed by atoms with Gasteiger partial charge in [0.2, 0.25) is 0 Å². The molecule has 0 amide bonds. The van der Waals surface area contributed by atoms with Gasteiger partial charge >= 0.3 is 0 Å². The van der Waals surface area contributed by atoms with E-state index in [1.54, 1.807) is 0 Å². The second kappa shape index (κ2) is 5.98. The van der Waals surface area contributed by atoms with Crippen LogP contribution in [0.2, 0.25) is 0 Å². The fraction of sp³-hybridized carbons (Fsp3) is 0.529. The van der Waals surface area contributed by atoms with Crippen LogP contribution in [0.1, 0.15) is 31.9 Å². The van der Waals surface area contributed by atoms with Gasteiger partial charge in [-0.3, -0.25) is 4.90 Å². The van der Waals surface area contributed by atoms with Crippen LogP contribution in [-0.2, 0) is 0 Å².